The highest BCUT2D eigenvalue weighted by atomic mass is 79.9. The Morgan fingerprint density at radius 3 is 2.85 bits per heavy atom. The van der Waals surface area contributed by atoms with Crippen molar-refractivity contribution in [1.29, 1.82) is 0 Å². The lowest BCUT2D eigenvalue weighted by Gasteiger charge is -2.09. The summed E-state index contributed by atoms with van der Waals surface area (Å²) < 4.78 is 2.94. The van der Waals surface area contributed by atoms with Gasteiger partial charge in [-0.3, -0.25) is 9.55 Å². The molecule has 0 atom stereocenters. The Kier molecular flexibility index (Phi) is 3.96. The standard InChI is InChI=1S/C14H10BrCl2N3/c15-10-7-9(1-2-11(10)17)20-13-4-6-18-8-12(13)19-14(20)3-5-16/h1-2,4,6-8H,3,5H2. The Morgan fingerprint density at radius 1 is 1.25 bits per heavy atom. The Balaban J connectivity index is 2.26. The van der Waals surface area contributed by atoms with Gasteiger partial charge in [0.25, 0.3) is 0 Å². The third-order valence-corrected chi connectivity index (χ3v) is 4.41. The number of hydrogen-bond donors (Lipinski definition) is 0. The van der Waals surface area contributed by atoms with Crippen LogP contribution in [0.15, 0.2) is 41.1 Å². The van der Waals surface area contributed by atoms with Crippen LogP contribution in [-0.2, 0) is 6.42 Å². The van der Waals surface area contributed by atoms with E-state index in [2.05, 4.69) is 30.5 Å². The van der Waals surface area contributed by atoms with Gasteiger partial charge >= 0.3 is 0 Å². The van der Waals surface area contributed by atoms with E-state index >= 15 is 0 Å². The first-order valence-electron chi connectivity index (χ1n) is 6.03. The molecular weight excluding hydrogens is 361 g/mol. The number of nitrogens with zero attached hydrogens (tertiary/aromatic N) is 3. The zero-order chi connectivity index (χ0) is 14.1. The van der Waals surface area contributed by atoms with E-state index in [1.165, 1.54) is 0 Å². The summed E-state index contributed by atoms with van der Waals surface area (Å²) in [5, 5.41) is 0.679. The van der Waals surface area contributed by atoms with Gasteiger partial charge in [0, 0.05) is 28.7 Å². The molecule has 0 aliphatic carbocycles. The molecule has 3 rings (SSSR count). The van der Waals surface area contributed by atoms with E-state index in [9.17, 15) is 0 Å². The molecule has 0 bridgehead atoms. The second-order valence-electron chi connectivity index (χ2n) is 4.27. The van der Waals surface area contributed by atoms with Crippen molar-refractivity contribution in [2.75, 3.05) is 5.88 Å². The van der Waals surface area contributed by atoms with E-state index in [1.54, 1.807) is 12.4 Å². The molecule has 0 aliphatic heterocycles. The van der Waals surface area contributed by atoms with Crippen LogP contribution in [-0.4, -0.2) is 20.4 Å². The molecule has 2 heterocycles. The molecule has 2 aromatic heterocycles. The van der Waals surface area contributed by atoms with Crippen LogP contribution < -0.4 is 0 Å². The minimum absolute atomic E-state index is 0.519. The number of rotatable bonds is 3. The van der Waals surface area contributed by atoms with E-state index in [4.69, 9.17) is 23.2 Å². The van der Waals surface area contributed by atoms with E-state index in [0.717, 1.165) is 27.0 Å². The van der Waals surface area contributed by atoms with Gasteiger partial charge in [0.2, 0.25) is 0 Å². The number of hydrogen-bond acceptors (Lipinski definition) is 2. The quantitative estimate of drug-likeness (QED) is 0.630. The monoisotopic (exact) mass is 369 g/mol. The average molecular weight is 371 g/mol. The maximum Gasteiger partial charge on any atom is 0.115 e. The highest BCUT2D eigenvalue weighted by Gasteiger charge is 2.12. The number of aromatic nitrogens is 3. The van der Waals surface area contributed by atoms with Crippen molar-refractivity contribution in [1.82, 2.24) is 14.5 Å². The van der Waals surface area contributed by atoms with Gasteiger partial charge < -0.3 is 0 Å². The molecule has 0 aliphatic rings. The van der Waals surface area contributed by atoms with Gasteiger partial charge in [0.05, 0.1) is 16.7 Å². The van der Waals surface area contributed by atoms with Gasteiger partial charge in [0.1, 0.15) is 11.3 Å². The van der Waals surface area contributed by atoms with E-state index in [-0.39, 0.29) is 0 Å². The molecule has 0 saturated carbocycles. The van der Waals surface area contributed by atoms with Crippen LogP contribution in [0.1, 0.15) is 5.82 Å². The molecule has 0 amide bonds. The maximum atomic E-state index is 6.06. The topological polar surface area (TPSA) is 30.7 Å². The Morgan fingerprint density at radius 2 is 2.10 bits per heavy atom. The first-order chi connectivity index (χ1) is 9.70. The maximum absolute atomic E-state index is 6.06. The number of benzene rings is 1. The predicted molar refractivity (Wildman–Crippen MR) is 86.0 cm³/mol. The van der Waals surface area contributed by atoms with Crippen LogP contribution in [0.25, 0.3) is 16.7 Å². The van der Waals surface area contributed by atoms with Crippen molar-refractivity contribution in [2.45, 2.75) is 6.42 Å². The molecule has 0 unspecified atom stereocenters. The number of pyridine rings is 1. The van der Waals surface area contributed by atoms with Crippen LogP contribution in [0.3, 0.4) is 0 Å². The fourth-order valence-corrected chi connectivity index (χ4v) is 2.80. The second kappa shape index (κ2) is 5.72. The molecule has 1 aromatic carbocycles. The van der Waals surface area contributed by atoms with Crippen LogP contribution >= 0.6 is 39.1 Å². The van der Waals surface area contributed by atoms with Crippen LogP contribution in [0, 0.1) is 0 Å². The lowest BCUT2D eigenvalue weighted by molar-refractivity contribution is 0.912. The molecule has 102 valence electrons. The smallest absolute Gasteiger partial charge is 0.115 e. The molecule has 3 nitrogen and oxygen atoms in total. The van der Waals surface area contributed by atoms with Crippen LogP contribution in [0.4, 0.5) is 0 Å². The zero-order valence-corrected chi connectivity index (χ0v) is 13.5. The molecule has 0 N–H and O–H groups in total. The van der Waals surface area contributed by atoms with Crippen molar-refractivity contribution in [3.63, 3.8) is 0 Å². The minimum Gasteiger partial charge on any atom is -0.296 e. The Labute approximate surface area is 134 Å². The largest absolute Gasteiger partial charge is 0.296 e. The molecule has 0 spiro atoms. The van der Waals surface area contributed by atoms with Crippen molar-refractivity contribution < 1.29 is 0 Å². The minimum atomic E-state index is 0.519. The SMILES string of the molecule is ClCCc1nc2cnccc2n1-c1ccc(Cl)c(Br)c1. The zero-order valence-electron chi connectivity index (χ0n) is 10.4. The average Bonchev–Trinajstić information content (AvgIpc) is 2.80. The normalized spacial score (nSPS) is 11.2. The first-order valence-corrected chi connectivity index (χ1v) is 7.74. The lowest BCUT2D eigenvalue weighted by Crippen LogP contribution is -2.02. The Hall–Kier alpha value is -1.10. The van der Waals surface area contributed by atoms with Crippen molar-refractivity contribution in [2.24, 2.45) is 0 Å². The predicted octanol–water partition coefficient (Wildman–Crippen LogP) is 4.62. The number of alkyl halides is 1. The number of halogens is 3. The first kappa shape index (κ1) is 13.9. The van der Waals surface area contributed by atoms with E-state index in [1.807, 2.05) is 24.3 Å². The molecule has 0 saturated heterocycles. The third kappa shape index (κ3) is 2.43. The van der Waals surface area contributed by atoms with E-state index in [0.29, 0.717) is 17.3 Å². The van der Waals surface area contributed by atoms with Gasteiger partial charge in [-0.1, -0.05) is 11.6 Å². The van der Waals surface area contributed by atoms with E-state index < -0.39 is 0 Å². The summed E-state index contributed by atoms with van der Waals surface area (Å²) in [5.74, 6) is 1.43. The summed E-state index contributed by atoms with van der Waals surface area (Å²) in [6, 6.07) is 7.75. The summed E-state index contributed by atoms with van der Waals surface area (Å²) in [6.07, 6.45) is 4.21. The molecule has 6 heteroatoms. The van der Waals surface area contributed by atoms with Crippen molar-refractivity contribution in [3.05, 3.63) is 52.0 Å². The summed E-state index contributed by atoms with van der Waals surface area (Å²) in [7, 11) is 0. The summed E-state index contributed by atoms with van der Waals surface area (Å²) in [5.41, 5.74) is 2.86. The highest BCUT2D eigenvalue weighted by molar-refractivity contribution is 9.10. The molecular formula is C14H10BrCl2N3. The summed E-state index contributed by atoms with van der Waals surface area (Å²) >= 11 is 15.4. The van der Waals surface area contributed by atoms with Crippen molar-refractivity contribution in [3.8, 4) is 5.69 Å². The van der Waals surface area contributed by atoms with Gasteiger partial charge in [-0.15, -0.1) is 11.6 Å². The van der Waals surface area contributed by atoms with Gasteiger partial charge in [-0.2, -0.15) is 0 Å². The highest BCUT2D eigenvalue weighted by Crippen LogP contribution is 2.28. The fourth-order valence-electron chi connectivity index (χ4n) is 2.15. The third-order valence-electron chi connectivity index (χ3n) is 3.01. The second-order valence-corrected chi connectivity index (χ2v) is 5.90. The molecule has 0 radical (unpaired) electrons. The van der Waals surface area contributed by atoms with Gasteiger partial charge in [-0.05, 0) is 40.2 Å². The number of aryl methyl sites for hydroxylation is 1. The fraction of sp³-hybridized carbons (Fsp3) is 0.143. The molecule has 20 heavy (non-hydrogen) atoms. The number of imidazole rings is 1. The van der Waals surface area contributed by atoms with Crippen LogP contribution in [0.2, 0.25) is 5.02 Å². The van der Waals surface area contributed by atoms with Gasteiger partial charge in [0.15, 0.2) is 0 Å². The van der Waals surface area contributed by atoms with Crippen molar-refractivity contribution >= 4 is 50.2 Å². The van der Waals surface area contributed by atoms with Crippen LogP contribution in [0.5, 0.6) is 0 Å². The van der Waals surface area contributed by atoms with Gasteiger partial charge in [-0.25, -0.2) is 4.98 Å². The lowest BCUT2D eigenvalue weighted by atomic mass is 10.3. The molecule has 3 aromatic rings. The summed E-state index contributed by atoms with van der Waals surface area (Å²) in [6.45, 7) is 0. The number of fused-ring (bicyclic) bond motifs is 1. The summed E-state index contributed by atoms with van der Waals surface area (Å²) in [4.78, 5) is 8.71. The molecule has 0 fully saturated rings. The Bertz CT molecular complexity index is 770.